The van der Waals surface area contributed by atoms with Gasteiger partial charge in [-0.3, -0.25) is 4.98 Å². The monoisotopic (exact) mass is 366 g/mol. The van der Waals surface area contributed by atoms with Crippen LogP contribution in [-0.4, -0.2) is 28.6 Å². The van der Waals surface area contributed by atoms with Crippen LogP contribution >= 0.6 is 0 Å². The first-order valence-electron chi connectivity index (χ1n) is 8.99. The fourth-order valence-corrected chi connectivity index (χ4v) is 3.21. The van der Waals surface area contributed by atoms with Crippen LogP contribution in [0.1, 0.15) is 37.6 Å². The fourth-order valence-electron chi connectivity index (χ4n) is 3.21. The lowest BCUT2D eigenvalue weighted by Gasteiger charge is -2.29. The van der Waals surface area contributed by atoms with E-state index in [9.17, 15) is 14.7 Å². The zero-order chi connectivity index (χ0) is 19.6. The number of fused-ring (bicyclic) bond motifs is 1. The van der Waals surface area contributed by atoms with E-state index in [1.54, 1.807) is 6.07 Å². The molecule has 1 N–H and O–H groups in total. The summed E-state index contributed by atoms with van der Waals surface area (Å²) in [5, 5.41) is 10.1. The van der Waals surface area contributed by atoms with Crippen molar-refractivity contribution in [3.63, 3.8) is 0 Å². The summed E-state index contributed by atoms with van der Waals surface area (Å²) in [5.74, 6) is -1.14. The van der Waals surface area contributed by atoms with Crippen LogP contribution in [0, 0.1) is 0 Å². The average molecular weight is 366 g/mol. The maximum atomic E-state index is 12.5. The van der Waals surface area contributed by atoms with Crippen LogP contribution in [0.25, 0.3) is 22.2 Å². The molecule has 0 amide bonds. The summed E-state index contributed by atoms with van der Waals surface area (Å²) in [6.07, 6.45) is 2.46. The number of carboxylic acids is 1. The molecule has 0 aliphatic heterocycles. The van der Waals surface area contributed by atoms with Gasteiger partial charge in [-0.05, 0) is 50.6 Å². The standard InChI is InChI=1S/C21H22N2O4/c1-4-13(3)23(5-2)15-9-8-14-11-17(21(26)27-18(14)12-15)19-16(20(24)25)7-6-10-22-19/h6-13H,4-5H2,1-3H3,(H,24,25). The average Bonchev–Trinajstić information content (AvgIpc) is 2.67. The molecule has 140 valence electrons. The predicted molar refractivity (Wildman–Crippen MR) is 105 cm³/mol. The van der Waals surface area contributed by atoms with Crippen molar-refractivity contribution in [2.24, 2.45) is 0 Å². The number of hydrogen-bond donors (Lipinski definition) is 1. The molecule has 0 spiro atoms. The Hall–Kier alpha value is -3.15. The summed E-state index contributed by atoms with van der Waals surface area (Å²) < 4.78 is 5.52. The minimum atomic E-state index is -1.14. The van der Waals surface area contributed by atoms with Gasteiger partial charge in [-0.1, -0.05) is 6.92 Å². The third-order valence-electron chi connectivity index (χ3n) is 4.81. The van der Waals surface area contributed by atoms with Crippen molar-refractivity contribution in [1.82, 2.24) is 4.98 Å². The van der Waals surface area contributed by atoms with Crippen LogP contribution in [0.4, 0.5) is 5.69 Å². The van der Waals surface area contributed by atoms with Crippen molar-refractivity contribution in [2.45, 2.75) is 33.2 Å². The van der Waals surface area contributed by atoms with Crippen LogP contribution < -0.4 is 10.5 Å². The number of carboxylic acid groups (broad SMARTS) is 1. The van der Waals surface area contributed by atoms with E-state index < -0.39 is 11.6 Å². The van der Waals surface area contributed by atoms with Crippen LogP contribution in [0.5, 0.6) is 0 Å². The van der Waals surface area contributed by atoms with Crippen molar-refractivity contribution in [3.05, 3.63) is 58.6 Å². The molecule has 0 aliphatic carbocycles. The van der Waals surface area contributed by atoms with Crippen LogP contribution in [0.2, 0.25) is 0 Å². The molecule has 0 bridgehead atoms. The van der Waals surface area contributed by atoms with Gasteiger partial charge in [0.1, 0.15) is 5.58 Å². The second-order valence-electron chi connectivity index (χ2n) is 6.42. The van der Waals surface area contributed by atoms with Crippen LogP contribution in [0.15, 0.2) is 51.8 Å². The van der Waals surface area contributed by atoms with Gasteiger partial charge in [0.15, 0.2) is 0 Å². The van der Waals surface area contributed by atoms with Crippen molar-refractivity contribution >= 4 is 22.6 Å². The van der Waals surface area contributed by atoms with Gasteiger partial charge in [-0.2, -0.15) is 0 Å². The molecule has 1 aromatic carbocycles. The second kappa shape index (κ2) is 7.61. The molecule has 6 heteroatoms. The molecule has 6 nitrogen and oxygen atoms in total. The summed E-state index contributed by atoms with van der Waals surface area (Å²) in [6.45, 7) is 7.22. The van der Waals surface area contributed by atoms with Crippen LogP contribution in [0.3, 0.4) is 0 Å². The number of nitrogens with zero attached hydrogens (tertiary/aromatic N) is 2. The molecule has 1 atom stereocenters. The molecule has 0 saturated heterocycles. The maximum Gasteiger partial charge on any atom is 0.345 e. The molecule has 1 unspecified atom stereocenters. The first kappa shape index (κ1) is 18.6. The molecule has 2 aromatic heterocycles. The molecule has 0 saturated carbocycles. The number of pyridine rings is 1. The number of aromatic carboxylic acids is 1. The Bertz CT molecular complexity index is 1040. The lowest BCUT2D eigenvalue weighted by atomic mass is 10.1. The normalized spacial score (nSPS) is 12.1. The SMILES string of the molecule is CCC(C)N(CC)c1ccc2cc(-c3ncccc3C(=O)O)c(=O)oc2c1. The van der Waals surface area contributed by atoms with Crippen molar-refractivity contribution in [1.29, 1.82) is 0 Å². The Morgan fingerprint density at radius 2 is 2.04 bits per heavy atom. The number of benzene rings is 1. The number of hydrogen-bond acceptors (Lipinski definition) is 5. The molecular formula is C21H22N2O4. The molecule has 0 aliphatic rings. The summed E-state index contributed by atoms with van der Waals surface area (Å²) in [7, 11) is 0. The molecule has 2 heterocycles. The predicted octanol–water partition coefficient (Wildman–Crippen LogP) is 4.18. The lowest BCUT2D eigenvalue weighted by Crippen LogP contribution is -2.32. The van der Waals surface area contributed by atoms with E-state index in [1.165, 1.54) is 18.3 Å². The Kier molecular flexibility index (Phi) is 5.26. The summed E-state index contributed by atoms with van der Waals surface area (Å²) in [5.41, 5.74) is 1.07. The van der Waals surface area contributed by atoms with E-state index in [-0.39, 0.29) is 16.8 Å². The summed E-state index contributed by atoms with van der Waals surface area (Å²) in [4.78, 5) is 30.3. The van der Waals surface area contributed by atoms with E-state index in [1.807, 2.05) is 18.2 Å². The molecular weight excluding hydrogens is 344 g/mol. The zero-order valence-corrected chi connectivity index (χ0v) is 15.6. The quantitative estimate of drug-likeness (QED) is 0.659. The van der Waals surface area contributed by atoms with E-state index in [2.05, 4.69) is 30.7 Å². The molecule has 3 aromatic rings. The number of anilines is 1. The van der Waals surface area contributed by atoms with Crippen LogP contribution in [-0.2, 0) is 0 Å². The maximum absolute atomic E-state index is 12.5. The van der Waals surface area contributed by atoms with E-state index >= 15 is 0 Å². The van der Waals surface area contributed by atoms with E-state index in [0.29, 0.717) is 11.6 Å². The third-order valence-corrected chi connectivity index (χ3v) is 4.81. The number of carbonyl (C=O) groups is 1. The van der Waals surface area contributed by atoms with Gasteiger partial charge in [0.05, 0.1) is 16.8 Å². The fraction of sp³-hybridized carbons (Fsp3) is 0.286. The highest BCUT2D eigenvalue weighted by atomic mass is 16.4. The first-order chi connectivity index (χ1) is 13.0. The highest BCUT2D eigenvalue weighted by Crippen LogP contribution is 2.27. The van der Waals surface area contributed by atoms with Gasteiger partial charge in [-0.25, -0.2) is 9.59 Å². The minimum absolute atomic E-state index is 0.0327. The first-order valence-corrected chi connectivity index (χ1v) is 8.99. The van der Waals surface area contributed by atoms with Gasteiger partial charge in [0.25, 0.3) is 0 Å². The highest BCUT2D eigenvalue weighted by Gasteiger charge is 2.18. The number of rotatable bonds is 6. The van der Waals surface area contributed by atoms with Gasteiger partial charge in [0, 0.05) is 35.9 Å². The second-order valence-corrected chi connectivity index (χ2v) is 6.42. The molecule has 3 rings (SSSR count). The smallest absolute Gasteiger partial charge is 0.345 e. The highest BCUT2D eigenvalue weighted by molar-refractivity contribution is 5.95. The van der Waals surface area contributed by atoms with E-state index in [4.69, 9.17) is 4.42 Å². The third kappa shape index (κ3) is 3.56. The van der Waals surface area contributed by atoms with Gasteiger partial charge < -0.3 is 14.4 Å². The number of aromatic nitrogens is 1. The molecule has 27 heavy (non-hydrogen) atoms. The van der Waals surface area contributed by atoms with Crippen molar-refractivity contribution in [2.75, 3.05) is 11.4 Å². The lowest BCUT2D eigenvalue weighted by molar-refractivity contribution is 0.0697. The Morgan fingerprint density at radius 3 is 2.70 bits per heavy atom. The van der Waals surface area contributed by atoms with Gasteiger partial charge in [0.2, 0.25) is 0 Å². The topological polar surface area (TPSA) is 83.6 Å². The Labute approximate surface area is 157 Å². The summed E-state index contributed by atoms with van der Waals surface area (Å²) >= 11 is 0. The molecule has 0 radical (unpaired) electrons. The molecule has 0 fully saturated rings. The summed E-state index contributed by atoms with van der Waals surface area (Å²) in [6, 6.07) is 10.7. The van der Waals surface area contributed by atoms with E-state index in [0.717, 1.165) is 24.0 Å². The zero-order valence-electron chi connectivity index (χ0n) is 15.6. The van der Waals surface area contributed by atoms with Gasteiger partial charge in [-0.15, -0.1) is 0 Å². The minimum Gasteiger partial charge on any atom is -0.478 e. The largest absolute Gasteiger partial charge is 0.478 e. The van der Waals surface area contributed by atoms with Crippen molar-refractivity contribution in [3.8, 4) is 11.3 Å². The van der Waals surface area contributed by atoms with Crippen molar-refractivity contribution < 1.29 is 14.3 Å². The van der Waals surface area contributed by atoms with Gasteiger partial charge >= 0.3 is 11.6 Å². The Balaban J connectivity index is 2.13. The Morgan fingerprint density at radius 1 is 1.26 bits per heavy atom.